The number of carbonyl (C=O) groups is 1. The Hall–Kier alpha value is -1.50. The number of alkyl halides is 1. The molecule has 29 heavy (non-hydrogen) atoms. The van der Waals surface area contributed by atoms with Crippen LogP contribution < -0.4 is 4.74 Å². The van der Waals surface area contributed by atoms with E-state index in [4.69, 9.17) is 49.0 Å². The van der Waals surface area contributed by atoms with Crippen molar-refractivity contribution in [3.05, 3.63) is 63.9 Å². The van der Waals surface area contributed by atoms with Crippen LogP contribution in [-0.4, -0.2) is 49.8 Å². The fraction of sp³-hybridized carbons (Fsp3) is 0.381. The van der Waals surface area contributed by atoms with Gasteiger partial charge in [0.25, 0.3) is 0 Å². The average molecular weight is 464 g/mol. The van der Waals surface area contributed by atoms with Gasteiger partial charge in [-0.2, -0.15) is 0 Å². The van der Waals surface area contributed by atoms with Gasteiger partial charge in [0.15, 0.2) is 11.5 Å². The number of ketones is 1. The van der Waals surface area contributed by atoms with Crippen molar-refractivity contribution in [2.75, 3.05) is 32.8 Å². The summed E-state index contributed by atoms with van der Waals surface area (Å²) in [4.78, 5) is 11.4. The molecule has 0 aliphatic carbocycles. The monoisotopic (exact) mass is 462 g/mol. The van der Waals surface area contributed by atoms with Gasteiger partial charge in [-0.25, -0.2) is 0 Å². The lowest BCUT2D eigenvalue weighted by Gasteiger charge is -2.14. The summed E-state index contributed by atoms with van der Waals surface area (Å²) in [6, 6.07) is 3.48. The van der Waals surface area contributed by atoms with E-state index in [1.54, 1.807) is 31.2 Å². The van der Waals surface area contributed by atoms with Gasteiger partial charge in [0.1, 0.15) is 25.9 Å². The Kier molecular flexibility index (Phi) is 12.0. The largest absolute Gasteiger partial charge is 0.490 e. The molecule has 1 N–H and O–H groups in total. The topological polar surface area (TPSA) is 65.0 Å². The van der Waals surface area contributed by atoms with Crippen LogP contribution in [0.5, 0.6) is 5.75 Å². The number of benzene rings is 1. The number of hydrogen-bond acceptors (Lipinski definition) is 5. The number of aliphatic hydroxyl groups is 1. The Labute approximate surface area is 186 Å². The van der Waals surface area contributed by atoms with Gasteiger partial charge in [0, 0.05) is 7.11 Å². The van der Waals surface area contributed by atoms with Crippen molar-refractivity contribution in [2.45, 2.75) is 19.4 Å². The summed E-state index contributed by atoms with van der Waals surface area (Å²) >= 11 is 18.1. The van der Waals surface area contributed by atoms with E-state index in [0.29, 0.717) is 28.0 Å². The lowest BCUT2D eigenvalue weighted by atomic mass is 10.0. The van der Waals surface area contributed by atoms with Crippen LogP contribution in [0, 0.1) is 0 Å². The van der Waals surface area contributed by atoms with Crippen LogP contribution in [0.25, 0.3) is 0 Å². The molecule has 0 aromatic heterocycles. The van der Waals surface area contributed by atoms with Gasteiger partial charge < -0.3 is 19.3 Å². The highest BCUT2D eigenvalue weighted by molar-refractivity contribution is 6.37. The molecule has 0 fully saturated rings. The molecule has 1 atom stereocenters. The predicted octanol–water partition coefficient (Wildman–Crippen LogP) is 4.76. The van der Waals surface area contributed by atoms with Crippen LogP contribution >= 0.6 is 34.8 Å². The summed E-state index contributed by atoms with van der Waals surface area (Å²) in [7, 11) is 1.46. The SMILES string of the molecule is C=C/C(=C\C=C(/C)OCC(=O)COC)Cc1cc(Cl)c(OC[C@H](O)CCl)c(Cl)c1. The molecular formula is C21H25Cl3O5. The summed E-state index contributed by atoms with van der Waals surface area (Å²) in [6.45, 7) is 5.55. The number of allylic oxidation sites excluding steroid dienone is 5. The molecule has 0 spiro atoms. The number of ether oxygens (including phenoxy) is 3. The van der Waals surface area contributed by atoms with Crippen molar-refractivity contribution in [1.29, 1.82) is 0 Å². The first-order valence-corrected chi connectivity index (χ1v) is 10.1. The molecule has 1 rings (SSSR count). The Balaban J connectivity index is 2.80. The third kappa shape index (κ3) is 9.70. The molecular weight excluding hydrogens is 439 g/mol. The quantitative estimate of drug-likeness (QED) is 0.259. The normalized spacial score (nSPS) is 13.2. The molecule has 0 aliphatic rings. The fourth-order valence-electron chi connectivity index (χ4n) is 2.18. The Morgan fingerprint density at radius 2 is 1.90 bits per heavy atom. The molecule has 0 saturated carbocycles. The predicted molar refractivity (Wildman–Crippen MR) is 117 cm³/mol. The maximum atomic E-state index is 11.4. The highest BCUT2D eigenvalue weighted by Gasteiger charge is 2.12. The number of carbonyl (C=O) groups excluding carboxylic acids is 1. The molecule has 0 aliphatic heterocycles. The number of hydrogen-bond donors (Lipinski definition) is 1. The molecule has 1 aromatic carbocycles. The second kappa shape index (κ2) is 13.7. The lowest BCUT2D eigenvalue weighted by molar-refractivity contribution is -0.125. The maximum Gasteiger partial charge on any atom is 0.195 e. The average Bonchev–Trinajstić information content (AvgIpc) is 2.68. The third-order valence-corrected chi connectivity index (χ3v) is 4.54. The first kappa shape index (κ1) is 25.5. The second-order valence-corrected chi connectivity index (χ2v) is 7.29. The van der Waals surface area contributed by atoms with Crippen molar-refractivity contribution in [1.82, 2.24) is 0 Å². The zero-order valence-electron chi connectivity index (χ0n) is 16.4. The number of Topliss-reactive ketones (excluding diaryl/α,β-unsaturated/α-hetero) is 1. The third-order valence-electron chi connectivity index (χ3n) is 3.62. The summed E-state index contributed by atoms with van der Waals surface area (Å²) < 4.78 is 15.6. The van der Waals surface area contributed by atoms with Crippen LogP contribution in [0.3, 0.4) is 0 Å². The van der Waals surface area contributed by atoms with Gasteiger partial charge in [0.05, 0.1) is 21.7 Å². The fourth-order valence-corrected chi connectivity index (χ4v) is 2.91. The van der Waals surface area contributed by atoms with Gasteiger partial charge in [-0.15, -0.1) is 11.6 Å². The standard InChI is InChI=1S/C21H25Cl3O5/c1-4-15(6-5-14(2)28-13-18(26)11-27-3)7-16-8-19(23)21(20(24)9-16)29-12-17(25)10-22/h4-6,8-9,17,25H,1,7,10-13H2,2-3H3/b14-5+,15-6+/t17-/m1/s1. The smallest absolute Gasteiger partial charge is 0.195 e. The Morgan fingerprint density at radius 3 is 2.45 bits per heavy atom. The number of halogens is 3. The molecule has 0 bridgehead atoms. The van der Waals surface area contributed by atoms with Crippen molar-refractivity contribution >= 4 is 40.6 Å². The van der Waals surface area contributed by atoms with Gasteiger partial charge >= 0.3 is 0 Å². The molecule has 160 valence electrons. The minimum absolute atomic E-state index is 0.00292. The van der Waals surface area contributed by atoms with Crippen LogP contribution in [0.2, 0.25) is 10.0 Å². The van der Waals surface area contributed by atoms with E-state index >= 15 is 0 Å². The van der Waals surface area contributed by atoms with Gasteiger partial charge in [-0.3, -0.25) is 4.79 Å². The number of aliphatic hydroxyl groups excluding tert-OH is 1. The molecule has 8 heteroatoms. The number of methoxy groups -OCH3 is 1. The minimum Gasteiger partial charge on any atom is -0.490 e. The molecule has 0 amide bonds. The summed E-state index contributed by atoms with van der Waals surface area (Å²) in [5, 5.41) is 10.2. The number of rotatable bonds is 13. The van der Waals surface area contributed by atoms with Crippen LogP contribution in [-0.2, 0) is 20.7 Å². The van der Waals surface area contributed by atoms with Crippen molar-refractivity contribution in [3.8, 4) is 5.75 Å². The highest BCUT2D eigenvalue weighted by atomic mass is 35.5. The van der Waals surface area contributed by atoms with Crippen molar-refractivity contribution in [3.63, 3.8) is 0 Å². The molecule has 0 heterocycles. The van der Waals surface area contributed by atoms with E-state index in [-0.39, 0.29) is 31.5 Å². The van der Waals surface area contributed by atoms with Crippen LogP contribution in [0.1, 0.15) is 12.5 Å². The molecule has 5 nitrogen and oxygen atoms in total. The summed E-state index contributed by atoms with van der Waals surface area (Å²) in [5.74, 6) is 0.804. The van der Waals surface area contributed by atoms with Crippen molar-refractivity contribution in [2.24, 2.45) is 0 Å². The maximum absolute atomic E-state index is 11.4. The first-order valence-electron chi connectivity index (χ1n) is 8.78. The van der Waals surface area contributed by atoms with E-state index < -0.39 is 6.10 Å². The van der Waals surface area contributed by atoms with Gasteiger partial charge in [0.2, 0.25) is 0 Å². The van der Waals surface area contributed by atoms with Gasteiger partial charge in [-0.1, -0.05) is 41.9 Å². The van der Waals surface area contributed by atoms with E-state index in [1.165, 1.54) is 7.11 Å². The Bertz CT molecular complexity index is 736. The van der Waals surface area contributed by atoms with E-state index in [9.17, 15) is 9.90 Å². The molecule has 0 saturated heterocycles. The zero-order chi connectivity index (χ0) is 21.8. The molecule has 0 radical (unpaired) electrons. The zero-order valence-corrected chi connectivity index (χ0v) is 18.7. The van der Waals surface area contributed by atoms with Crippen molar-refractivity contribution < 1.29 is 24.1 Å². The Morgan fingerprint density at radius 1 is 1.24 bits per heavy atom. The molecule has 1 aromatic rings. The minimum atomic E-state index is -0.805. The molecule has 0 unspecified atom stereocenters. The lowest BCUT2D eigenvalue weighted by Crippen LogP contribution is -2.19. The first-order chi connectivity index (χ1) is 13.8. The van der Waals surface area contributed by atoms with E-state index in [0.717, 1.165) is 11.1 Å². The van der Waals surface area contributed by atoms with Crippen LogP contribution in [0.15, 0.2) is 48.3 Å². The highest BCUT2D eigenvalue weighted by Crippen LogP contribution is 2.35. The van der Waals surface area contributed by atoms with Gasteiger partial charge in [-0.05, 0) is 42.7 Å². The van der Waals surface area contributed by atoms with E-state index in [2.05, 4.69) is 6.58 Å². The second-order valence-electron chi connectivity index (χ2n) is 6.17. The van der Waals surface area contributed by atoms with E-state index in [1.807, 2.05) is 6.08 Å². The summed E-state index contributed by atoms with van der Waals surface area (Å²) in [5.41, 5.74) is 1.76. The van der Waals surface area contributed by atoms with Crippen LogP contribution in [0.4, 0.5) is 0 Å². The summed E-state index contributed by atoms with van der Waals surface area (Å²) in [6.07, 6.45) is 5.03.